The predicted molar refractivity (Wildman–Crippen MR) is 88.1 cm³/mol. The summed E-state index contributed by atoms with van der Waals surface area (Å²) in [6, 6.07) is 14.4. The van der Waals surface area contributed by atoms with Gasteiger partial charge in [-0.25, -0.2) is 0 Å². The largest absolute Gasteiger partial charge is 0.288 e. The van der Waals surface area contributed by atoms with Crippen LogP contribution in [0.4, 0.5) is 0 Å². The van der Waals surface area contributed by atoms with E-state index in [1.165, 1.54) is 5.56 Å². The molecule has 0 radical (unpaired) electrons. The summed E-state index contributed by atoms with van der Waals surface area (Å²) >= 11 is 0. The van der Waals surface area contributed by atoms with Crippen LogP contribution in [0.3, 0.4) is 0 Å². The Morgan fingerprint density at radius 1 is 1.14 bits per heavy atom. The fraction of sp³-hybridized carbons (Fsp3) is 0.389. The minimum Gasteiger partial charge on any atom is -0.288 e. The van der Waals surface area contributed by atoms with Gasteiger partial charge in [0.25, 0.3) is 5.91 Å². The predicted octanol–water partition coefficient (Wildman–Crippen LogP) is 2.84. The number of hydrogen-bond donors (Lipinski definition) is 1. The highest BCUT2D eigenvalue weighted by atomic mass is 16.2. The molecule has 3 rings (SSSR count). The van der Waals surface area contributed by atoms with Crippen LogP contribution in [0.1, 0.15) is 29.8 Å². The van der Waals surface area contributed by atoms with Crippen molar-refractivity contribution in [2.75, 3.05) is 12.0 Å². The molecule has 1 atom stereocenters. The number of benzene rings is 1. The van der Waals surface area contributed by atoms with Crippen molar-refractivity contribution in [2.45, 2.75) is 39.3 Å². The van der Waals surface area contributed by atoms with Crippen LogP contribution in [-0.4, -0.2) is 28.1 Å². The van der Waals surface area contributed by atoms with Crippen LogP contribution < -0.4 is 5.43 Å². The number of nitrogens with zero attached hydrogens (tertiary/aromatic N) is 2. The van der Waals surface area contributed by atoms with E-state index >= 15 is 0 Å². The molecule has 0 spiro atoms. The van der Waals surface area contributed by atoms with Crippen molar-refractivity contribution in [3.8, 4) is 0 Å². The third-order valence-electron chi connectivity index (χ3n) is 4.39. The van der Waals surface area contributed by atoms with Gasteiger partial charge in [0, 0.05) is 17.9 Å². The highest BCUT2D eigenvalue weighted by molar-refractivity contribution is 5.89. The van der Waals surface area contributed by atoms with E-state index in [2.05, 4.69) is 22.5 Å². The number of aromatic nitrogens is 1. The van der Waals surface area contributed by atoms with Crippen molar-refractivity contribution >= 4 is 5.91 Å². The van der Waals surface area contributed by atoms with E-state index in [-0.39, 0.29) is 11.9 Å². The summed E-state index contributed by atoms with van der Waals surface area (Å²) in [5, 5.41) is 0. The van der Waals surface area contributed by atoms with Crippen molar-refractivity contribution < 1.29 is 4.79 Å². The minimum atomic E-state index is -0.0404. The first-order valence-corrected chi connectivity index (χ1v) is 7.89. The molecule has 4 nitrogen and oxygen atoms in total. The van der Waals surface area contributed by atoms with Gasteiger partial charge in [0.2, 0.25) is 0 Å². The lowest BCUT2D eigenvalue weighted by atomic mass is 10.2. The molecule has 1 saturated heterocycles. The Morgan fingerprint density at radius 3 is 2.50 bits per heavy atom. The van der Waals surface area contributed by atoms with Crippen LogP contribution in [0.2, 0.25) is 0 Å². The Balaban J connectivity index is 1.69. The van der Waals surface area contributed by atoms with Crippen LogP contribution in [0, 0.1) is 13.8 Å². The Morgan fingerprint density at radius 2 is 1.82 bits per heavy atom. The van der Waals surface area contributed by atoms with Gasteiger partial charge >= 0.3 is 0 Å². The Labute approximate surface area is 131 Å². The van der Waals surface area contributed by atoms with E-state index in [4.69, 9.17) is 0 Å². The second-order valence-electron chi connectivity index (χ2n) is 6.04. The zero-order valence-electron chi connectivity index (χ0n) is 13.2. The van der Waals surface area contributed by atoms with E-state index in [0.717, 1.165) is 37.3 Å². The maximum Gasteiger partial charge on any atom is 0.256 e. The second kappa shape index (κ2) is 6.36. The lowest BCUT2D eigenvalue weighted by Gasteiger charge is -2.24. The topological polar surface area (TPSA) is 37.3 Å². The van der Waals surface area contributed by atoms with Crippen molar-refractivity contribution in [1.29, 1.82) is 0 Å². The molecular weight excluding hydrogens is 274 g/mol. The molecule has 22 heavy (non-hydrogen) atoms. The third kappa shape index (κ3) is 3.07. The van der Waals surface area contributed by atoms with Gasteiger partial charge in [-0.2, -0.15) is 0 Å². The van der Waals surface area contributed by atoms with Crippen LogP contribution >= 0.6 is 0 Å². The summed E-state index contributed by atoms with van der Waals surface area (Å²) in [6.45, 7) is 5.83. The molecule has 1 aliphatic heterocycles. The molecule has 116 valence electrons. The van der Waals surface area contributed by atoms with Crippen LogP contribution in [0.25, 0.3) is 0 Å². The SMILES string of the molecule is Cc1ccc(C)n1NC(=O)[C@@H]1CCCN1Cc1ccccc1. The Kier molecular flexibility index (Phi) is 4.29. The van der Waals surface area contributed by atoms with Crippen molar-refractivity contribution in [1.82, 2.24) is 9.58 Å². The minimum absolute atomic E-state index is 0.0404. The maximum absolute atomic E-state index is 12.6. The maximum atomic E-state index is 12.6. The summed E-state index contributed by atoms with van der Waals surface area (Å²) in [5.74, 6) is 0.0934. The molecule has 0 bridgehead atoms. The first kappa shape index (κ1) is 14.9. The Bertz CT molecular complexity index is 628. The molecule has 0 saturated carbocycles. The molecule has 1 aliphatic rings. The van der Waals surface area contributed by atoms with Gasteiger partial charge in [-0.15, -0.1) is 0 Å². The first-order valence-electron chi connectivity index (χ1n) is 7.89. The van der Waals surface area contributed by atoms with Crippen LogP contribution in [-0.2, 0) is 11.3 Å². The summed E-state index contributed by atoms with van der Waals surface area (Å²) in [4.78, 5) is 14.9. The van der Waals surface area contributed by atoms with Gasteiger partial charge in [0.1, 0.15) is 0 Å². The lowest BCUT2D eigenvalue weighted by Crippen LogP contribution is -2.42. The Hall–Kier alpha value is -2.07. The number of carbonyl (C=O) groups is 1. The molecule has 0 unspecified atom stereocenters. The molecular formula is C18H23N3O. The molecule has 1 fully saturated rings. The van der Waals surface area contributed by atoms with Gasteiger partial charge in [0.05, 0.1) is 6.04 Å². The zero-order valence-corrected chi connectivity index (χ0v) is 13.2. The number of hydrogen-bond acceptors (Lipinski definition) is 2. The average molecular weight is 297 g/mol. The molecule has 4 heteroatoms. The van der Waals surface area contributed by atoms with E-state index in [1.54, 1.807) is 0 Å². The number of likely N-dealkylation sites (tertiary alicyclic amines) is 1. The number of nitrogens with one attached hydrogen (secondary N) is 1. The summed E-state index contributed by atoms with van der Waals surface area (Å²) in [5.41, 5.74) is 6.42. The lowest BCUT2D eigenvalue weighted by molar-refractivity contribution is -0.121. The number of aryl methyl sites for hydroxylation is 2. The average Bonchev–Trinajstić information content (AvgIpc) is 3.10. The van der Waals surface area contributed by atoms with Crippen LogP contribution in [0.15, 0.2) is 42.5 Å². The van der Waals surface area contributed by atoms with Gasteiger partial charge in [0.15, 0.2) is 0 Å². The number of carbonyl (C=O) groups excluding carboxylic acids is 1. The molecule has 1 aromatic heterocycles. The zero-order chi connectivity index (χ0) is 15.5. The summed E-state index contributed by atoms with van der Waals surface area (Å²) in [7, 11) is 0. The van der Waals surface area contributed by atoms with Crippen LogP contribution in [0.5, 0.6) is 0 Å². The summed E-state index contributed by atoms with van der Waals surface area (Å²) < 4.78 is 1.88. The van der Waals surface area contributed by atoms with Gasteiger partial charge < -0.3 is 0 Å². The number of amides is 1. The highest BCUT2D eigenvalue weighted by Crippen LogP contribution is 2.20. The molecule has 1 aromatic carbocycles. The monoisotopic (exact) mass is 297 g/mol. The molecule has 1 amide bonds. The second-order valence-corrected chi connectivity index (χ2v) is 6.04. The van der Waals surface area contributed by atoms with Crippen molar-refractivity contribution in [3.63, 3.8) is 0 Å². The normalized spacial score (nSPS) is 18.5. The van der Waals surface area contributed by atoms with Gasteiger partial charge in [-0.05, 0) is 50.9 Å². The molecule has 1 N–H and O–H groups in total. The smallest absolute Gasteiger partial charge is 0.256 e. The molecule has 2 heterocycles. The fourth-order valence-electron chi connectivity index (χ4n) is 3.16. The molecule has 0 aliphatic carbocycles. The standard InChI is InChI=1S/C18H23N3O/c1-14-10-11-15(2)21(14)19-18(22)17-9-6-12-20(17)13-16-7-4-3-5-8-16/h3-5,7-8,10-11,17H,6,9,12-13H2,1-2H3,(H,19,22)/t17-/m0/s1. The first-order chi connectivity index (χ1) is 10.6. The van der Waals surface area contributed by atoms with Gasteiger partial charge in [-0.3, -0.25) is 19.8 Å². The van der Waals surface area contributed by atoms with E-state index in [0.29, 0.717) is 0 Å². The van der Waals surface area contributed by atoms with Crippen molar-refractivity contribution in [2.24, 2.45) is 0 Å². The molecule has 2 aromatic rings. The quantitative estimate of drug-likeness (QED) is 0.942. The van der Waals surface area contributed by atoms with E-state index < -0.39 is 0 Å². The van der Waals surface area contributed by atoms with E-state index in [1.807, 2.05) is 48.9 Å². The van der Waals surface area contributed by atoms with E-state index in [9.17, 15) is 4.79 Å². The fourth-order valence-corrected chi connectivity index (χ4v) is 3.16. The summed E-state index contributed by atoms with van der Waals surface area (Å²) in [6.07, 6.45) is 2.01. The van der Waals surface area contributed by atoms with Crippen molar-refractivity contribution in [3.05, 3.63) is 59.4 Å². The number of rotatable bonds is 4. The van der Waals surface area contributed by atoms with Gasteiger partial charge in [-0.1, -0.05) is 30.3 Å². The third-order valence-corrected chi connectivity index (χ3v) is 4.39. The highest BCUT2D eigenvalue weighted by Gasteiger charge is 2.31.